The molecule has 0 bridgehead atoms. The Hall–Kier alpha value is -1.21. The summed E-state index contributed by atoms with van der Waals surface area (Å²) in [5.74, 6) is 0. The monoisotopic (exact) mass is 245 g/mol. The van der Waals surface area contributed by atoms with Crippen molar-refractivity contribution in [3.63, 3.8) is 0 Å². The molecule has 88 valence electrons. The molecular formula is C14H16NOP. The van der Waals surface area contributed by atoms with Crippen molar-refractivity contribution in [3.8, 4) is 0 Å². The maximum atomic E-state index is 5.90. The molecule has 2 aromatic carbocycles. The van der Waals surface area contributed by atoms with Crippen LogP contribution in [0.2, 0.25) is 0 Å². The molecule has 0 unspecified atom stereocenters. The molecule has 0 radical (unpaired) electrons. The zero-order chi connectivity index (χ0) is 11.9. The van der Waals surface area contributed by atoms with Crippen LogP contribution in [0.3, 0.4) is 0 Å². The molecule has 2 rings (SSSR count). The lowest BCUT2D eigenvalue weighted by molar-refractivity contribution is 0.373. The molecule has 0 aliphatic heterocycles. The van der Waals surface area contributed by atoms with E-state index in [1.165, 1.54) is 10.6 Å². The average molecular weight is 245 g/mol. The van der Waals surface area contributed by atoms with E-state index in [2.05, 4.69) is 24.3 Å². The lowest BCUT2D eigenvalue weighted by Crippen LogP contribution is -2.16. The van der Waals surface area contributed by atoms with Crippen molar-refractivity contribution in [3.05, 3.63) is 60.7 Å². The third-order valence-electron chi connectivity index (χ3n) is 2.32. The molecule has 0 saturated heterocycles. The van der Waals surface area contributed by atoms with Crippen molar-refractivity contribution in [1.82, 2.24) is 0 Å². The fourth-order valence-corrected chi connectivity index (χ4v) is 3.34. The third-order valence-corrected chi connectivity index (χ3v) is 4.29. The largest absolute Gasteiger partial charge is 0.348 e. The van der Waals surface area contributed by atoms with Crippen LogP contribution in [-0.2, 0) is 4.52 Å². The van der Waals surface area contributed by atoms with Crippen molar-refractivity contribution in [1.29, 1.82) is 0 Å². The van der Waals surface area contributed by atoms with Crippen molar-refractivity contribution in [2.45, 2.75) is 0 Å². The SMILES string of the molecule is NCCOP(c1ccccc1)c1ccccc1. The lowest BCUT2D eigenvalue weighted by atomic mass is 10.4. The molecule has 0 aliphatic rings. The highest BCUT2D eigenvalue weighted by molar-refractivity contribution is 7.68. The molecule has 2 aromatic rings. The van der Waals surface area contributed by atoms with Gasteiger partial charge in [-0.1, -0.05) is 60.7 Å². The molecule has 0 aliphatic carbocycles. The minimum absolute atomic E-state index is 0.554. The number of benzene rings is 2. The highest BCUT2D eigenvalue weighted by atomic mass is 31.1. The Morgan fingerprint density at radius 1 is 0.824 bits per heavy atom. The minimum atomic E-state index is -0.737. The topological polar surface area (TPSA) is 35.2 Å². The Morgan fingerprint density at radius 2 is 1.29 bits per heavy atom. The summed E-state index contributed by atoms with van der Waals surface area (Å²) >= 11 is 0. The molecule has 0 atom stereocenters. The fourth-order valence-electron chi connectivity index (χ4n) is 1.57. The zero-order valence-corrected chi connectivity index (χ0v) is 10.5. The van der Waals surface area contributed by atoms with Crippen LogP contribution in [0.1, 0.15) is 0 Å². The van der Waals surface area contributed by atoms with Gasteiger partial charge in [0.25, 0.3) is 0 Å². The summed E-state index contributed by atoms with van der Waals surface area (Å²) in [6.45, 7) is 1.15. The van der Waals surface area contributed by atoms with Gasteiger partial charge < -0.3 is 10.3 Å². The van der Waals surface area contributed by atoms with Gasteiger partial charge in [-0.25, -0.2) is 0 Å². The van der Waals surface area contributed by atoms with Gasteiger partial charge in [0.05, 0.1) is 14.8 Å². The van der Waals surface area contributed by atoms with Crippen molar-refractivity contribution >= 4 is 18.8 Å². The first kappa shape index (κ1) is 12.3. The van der Waals surface area contributed by atoms with Gasteiger partial charge in [0.2, 0.25) is 0 Å². The Balaban J connectivity index is 2.26. The van der Waals surface area contributed by atoms with Crippen molar-refractivity contribution in [2.24, 2.45) is 5.73 Å². The molecule has 2 N–H and O–H groups in total. The Kier molecular flexibility index (Phi) is 4.69. The van der Waals surface area contributed by atoms with E-state index < -0.39 is 8.15 Å². The fraction of sp³-hybridized carbons (Fsp3) is 0.143. The van der Waals surface area contributed by atoms with E-state index in [0.717, 1.165) is 0 Å². The molecule has 0 amide bonds. The summed E-state index contributed by atoms with van der Waals surface area (Å²) in [6.07, 6.45) is 0. The highest BCUT2D eigenvalue weighted by Gasteiger charge is 2.13. The predicted octanol–water partition coefficient (Wildman–Crippen LogP) is 2.01. The molecule has 3 heteroatoms. The summed E-state index contributed by atoms with van der Waals surface area (Å²) in [7, 11) is -0.737. The first-order chi connectivity index (χ1) is 8.42. The predicted molar refractivity (Wildman–Crippen MR) is 74.1 cm³/mol. The van der Waals surface area contributed by atoms with E-state index >= 15 is 0 Å². The molecule has 17 heavy (non-hydrogen) atoms. The second-order valence-corrected chi connectivity index (χ2v) is 5.47. The van der Waals surface area contributed by atoms with Crippen LogP contribution < -0.4 is 16.3 Å². The van der Waals surface area contributed by atoms with Gasteiger partial charge in [-0.15, -0.1) is 0 Å². The smallest absolute Gasteiger partial charge is 0.0918 e. The van der Waals surface area contributed by atoms with Crippen LogP contribution in [-0.4, -0.2) is 13.2 Å². The van der Waals surface area contributed by atoms with Crippen LogP contribution in [0, 0.1) is 0 Å². The third kappa shape index (κ3) is 3.37. The molecule has 0 spiro atoms. The van der Waals surface area contributed by atoms with E-state index in [4.69, 9.17) is 10.3 Å². The summed E-state index contributed by atoms with van der Waals surface area (Å²) in [5, 5.41) is 2.45. The quantitative estimate of drug-likeness (QED) is 0.818. The Morgan fingerprint density at radius 3 is 1.71 bits per heavy atom. The van der Waals surface area contributed by atoms with Gasteiger partial charge in [-0.3, -0.25) is 0 Å². The van der Waals surface area contributed by atoms with Gasteiger partial charge in [0.1, 0.15) is 0 Å². The Bertz CT molecular complexity index is 393. The molecule has 0 aromatic heterocycles. The van der Waals surface area contributed by atoms with E-state index in [0.29, 0.717) is 13.2 Å². The Labute approximate surface area is 103 Å². The second kappa shape index (κ2) is 6.51. The maximum Gasteiger partial charge on any atom is 0.0918 e. The second-order valence-electron chi connectivity index (χ2n) is 3.59. The molecular weight excluding hydrogens is 229 g/mol. The van der Waals surface area contributed by atoms with Gasteiger partial charge >= 0.3 is 0 Å². The minimum Gasteiger partial charge on any atom is -0.348 e. The summed E-state index contributed by atoms with van der Waals surface area (Å²) in [6, 6.07) is 20.6. The van der Waals surface area contributed by atoms with E-state index in [1.807, 2.05) is 36.4 Å². The van der Waals surface area contributed by atoms with Crippen LogP contribution in [0.5, 0.6) is 0 Å². The van der Waals surface area contributed by atoms with Crippen molar-refractivity contribution in [2.75, 3.05) is 13.2 Å². The van der Waals surface area contributed by atoms with E-state index in [1.54, 1.807) is 0 Å². The van der Waals surface area contributed by atoms with Gasteiger partial charge in [-0.05, 0) is 0 Å². The number of rotatable bonds is 5. The maximum absolute atomic E-state index is 5.90. The van der Waals surface area contributed by atoms with Crippen LogP contribution in [0.4, 0.5) is 0 Å². The summed E-state index contributed by atoms with van der Waals surface area (Å²) in [5.41, 5.74) is 5.52. The van der Waals surface area contributed by atoms with Crippen molar-refractivity contribution < 1.29 is 4.52 Å². The zero-order valence-electron chi connectivity index (χ0n) is 9.62. The molecule has 2 nitrogen and oxygen atoms in total. The standard InChI is InChI=1S/C14H16NOP/c15-11-12-16-17(13-7-3-1-4-8-13)14-9-5-2-6-10-14/h1-10H,11-12,15H2. The number of hydrogen-bond donors (Lipinski definition) is 1. The van der Waals surface area contributed by atoms with Crippen LogP contribution >= 0.6 is 8.15 Å². The first-order valence-corrected chi connectivity index (χ1v) is 6.91. The van der Waals surface area contributed by atoms with E-state index in [-0.39, 0.29) is 0 Å². The summed E-state index contributed by atoms with van der Waals surface area (Å²) in [4.78, 5) is 0. The normalized spacial score (nSPS) is 10.7. The number of nitrogens with two attached hydrogens (primary N) is 1. The molecule has 0 heterocycles. The number of hydrogen-bond acceptors (Lipinski definition) is 2. The lowest BCUT2D eigenvalue weighted by Gasteiger charge is -2.17. The van der Waals surface area contributed by atoms with Gasteiger partial charge in [0.15, 0.2) is 0 Å². The summed E-state index contributed by atoms with van der Waals surface area (Å²) < 4.78 is 5.90. The average Bonchev–Trinajstić information content (AvgIpc) is 2.42. The molecule has 0 fully saturated rings. The van der Waals surface area contributed by atoms with E-state index in [9.17, 15) is 0 Å². The van der Waals surface area contributed by atoms with Gasteiger partial charge in [0, 0.05) is 17.2 Å². The van der Waals surface area contributed by atoms with Crippen LogP contribution in [0.25, 0.3) is 0 Å². The first-order valence-electron chi connectivity index (χ1n) is 5.65. The van der Waals surface area contributed by atoms with Gasteiger partial charge in [-0.2, -0.15) is 0 Å². The highest BCUT2D eigenvalue weighted by Crippen LogP contribution is 2.34. The van der Waals surface area contributed by atoms with Crippen LogP contribution in [0.15, 0.2) is 60.7 Å². The molecule has 0 saturated carbocycles.